The first-order chi connectivity index (χ1) is 8.86. The fraction of sp³-hybridized carbons (Fsp3) is 0.111. The molecule has 19 heavy (non-hydrogen) atoms. The van der Waals surface area contributed by atoms with Crippen molar-refractivity contribution in [1.29, 1.82) is 0 Å². The zero-order valence-corrected chi connectivity index (χ0v) is 9.48. The van der Waals surface area contributed by atoms with Crippen LogP contribution in [0.2, 0.25) is 0 Å². The number of anilines is 1. The van der Waals surface area contributed by atoms with Gasteiger partial charge in [-0.25, -0.2) is 4.79 Å². The second-order valence-corrected chi connectivity index (χ2v) is 3.16. The summed E-state index contributed by atoms with van der Waals surface area (Å²) >= 11 is 0. The van der Waals surface area contributed by atoms with Crippen LogP contribution in [0.4, 0.5) is 17.1 Å². The summed E-state index contributed by atoms with van der Waals surface area (Å²) in [6, 6.07) is 2.59. The van der Waals surface area contributed by atoms with Crippen molar-refractivity contribution in [2.75, 3.05) is 12.4 Å². The Morgan fingerprint density at radius 2 is 1.84 bits per heavy atom. The molecule has 0 aliphatic rings. The monoisotopic (exact) mass is 269 g/mol. The number of rotatable bonds is 3. The highest BCUT2D eigenvalue weighted by atomic mass is 16.6. The molecule has 10 heteroatoms. The second kappa shape index (κ2) is 5.53. The lowest BCUT2D eigenvalue weighted by Crippen LogP contribution is -2.24. The summed E-state index contributed by atoms with van der Waals surface area (Å²) in [7, 11) is 0.964. The summed E-state index contributed by atoms with van der Waals surface area (Å²) < 4.78 is 4.12. The topological polar surface area (TPSA) is 142 Å². The lowest BCUT2D eigenvalue weighted by atomic mass is 10.2. The molecule has 0 unspecified atom stereocenters. The van der Waals surface area contributed by atoms with E-state index in [1.807, 2.05) is 5.32 Å². The number of methoxy groups -OCH3 is 1. The third-order valence-electron chi connectivity index (χ3n) is 2.01. The molecule has 1 amide bonds. The number of hydrogen-bond acceptors (Lipinski definition) is 7. The van der Waals surface area contributed by atoms with Crippen LogP contribution in [0.25, 0.3) is 0 Å². The van der Waals surface area contributed by atoms with Crippen LogP contribution >= 0.6 is 0 Å². The van der Waals surface area contributed by atoms with E-state index in [4.69, 9.17) is 0 Å². The molecule has 0 saturated carbocycles. The van der Waals surface area contributed by atoms with E-state index in [0.717, 1.165) is 19.2 Å². The Hall–Kier alpha value is -3.04. The summed E-state index contributed by atoms with van der Waals surface area (Å²) in [5.41, 5.74) is -1.56. The third kappa shape index (κ3) is 3.21. The van der Waals surface area contributed by atoms with Gasteiger partial charge in [0, 0.05) is 6.07 Å². The molecular formula is C9H7N3O7. The number of amides is 1. The number of nitrogens with zero attached hydrogens (tertiary/aromatic N) is 2. The Balaban J connectivity index is 3.14. The molecule has 10 nitrogen and oxygen atoms in total. The highest BCUT2D eigenvalue weighted by Crippen LogP contribution is 2.28. The SMILES string of the molecule is COC(=O)C(=O)Nc1ccc([N+](=O)[O-])cc1[N+](=O)[O-]. The highest BCUT2D eigenvalue weighted by Gasteiger charge is 2.23. The average Bonchev–Trinajstić information content (AvgIpc) is 2.37. The standard InChI is InChI=1S/C9H7N3O7/c1-19-9(14)8(13)10-6-3-2-5(11(15)16)4-7(6)12(17)18/h2-4H,1H3,(H,10,13). The van der Waals surface area contributed by atoms with Crippen molar-refractivity contribution in [3.8, 4) is 0 Å². The minimum Gasteiger partial charge on any atom is -0.462 e. The smallest absolute Gasteiger partial charge is 0.396 e. The van der Waals surface area contributed by atoms with E-state index < -0.39 is 33.1 Å². The average molecular weight is 269 g/mol. The van der Waals surface area contributed by atoms with Crippen LogP contribution in [0.3, 0.4) is 0 Å². The molecule has 100 valence electrons. The highest BCUT2D eigenvalue weighted by molar-refractivity contribution is 6.37. The molecule has 0 saturated heterocycles. The molecule has 0 heterocycles. The van der Waals surface area contributed by atoms with Crippen LogP contribution in [-0.4, -0.2) is 28.8 Å². The number of carbonyl (C=O) groups excluding carboxylic acids is 2. The van der Waals surface area contributed by atoms with Gasteiger partial charge in [-0.3, -0.25) is 25.0 Å². The molecule has 0 aliphatic carbocycles. The molecule has 1 N–H and O–H groups in total. The number of ether oxygens (including phenoxy) is 1. The Morgan fingerprint density at radius 1 is 1.21 bits per heavy atom. The van der Waals surface area contributed by atoms with Crippen LogP contribution in [0.1, 0.15) is 0 Å². The van der Waals surface area contributed by atoms with Gasteiger partial charge in [0.25, 0.3) is 11.4 Å². The van der Waals surface area contributed by atoms with Crippen molar-refractivity contribution in [2.45, 2.75) is 0 Å². The summed E-state index contributed by atoms with van der Waals surface area (Å²) in [5, 5.41) is 23.1. The Bertz CT molecular complexity index is 569. The van der Waals surface area contributed by atoms with E-state index in [1.54, 1.807) is 0 Å². The first-order valence-corrected chi connectivity index (χ1v) is 4.69. The van der Waals surface area contributed by atoms with Gasteiger partial charge < -0.3 is 10.1 Å². The van der Waals surface area contributed by atoms with Crippen molar-refractivity contribution in [3.05, 3.63) is 38.4 Å². The van der Waals surface area contributed by atoms with Gasteiger partial charge in [0.1, 0.15) is 5.69 Å². The Labute approximate surface area is 105 Å². The largest absolute Gasteiger partial charge is 0.462 e. The van der Waals surface area contributed by atoms with Crippen molar-refractivity contribution < 1.29 is 24.2 Å². The third-order valence-corrected chi connectivity index (χ3v) is 2.01. The fourth-order valence-electron chi connectivity index (χ4n) is 1.16. The molecule has 0 fully saturated rings. The predicted molar refractivity (Wildman–Crippen MR) is 60.4 cm³/mol. The van der Waals surface area contributed by atoms with E-state index >= 15 is 0 Å². The number of benzene rings is 1. The van der Waals surface area contributed by atoms with Crippen molar-refractivity contribution in [2.24, 2.45) is 0 Å². The predicted octanol–water partition coefficient (Wildman–Crippen LogP) is 0.614. The number of carbonyl (C=O) groups is 2. The minimum absolute atomic E-state index is 0.342. The maximum absolute atomic E-state index is 11.2. The number of nitro groups is 2. The molecule has 0 atom stereocenters. The van der Waals surface area contributed by atoms with Gasteiger partial charge in [-0.1, -0.05) is 0 Å². The van der Waals surface area contributed by atoms with Gasteiger partial charge >= 0.3 is 11.9 Å². The summed E-state index contributed by atoms with van der Waals surface area (Å²) in [5.74, 6) is -2.47. The lowest BCUT2D eigenvalue weighted by Gasteiger charge is -2.04. The van der Waals surface area contributed by atoms with Gasteiger partial charge in [0.2, 0.25) is 0 Å². The number of hydrogen-bond donors (Lipinski definition) is 1. The molecule has 0 aliphatic heterocycles. The van der Waals surface area contributed by atoms with Crippen molar-refractivity contribution in [1.82, 2.24) is 0 Å². The zero-order valence-electron chi connectivity index (χ0n) is 9.48. The van der Waals surface area contributed by atoms with E-state index in [-0.39, 0.29) is 5.69 Å². The Morgan fingerprint density at radius 3 is 2.32 bits per heavy atom. The van der Waals surface area contributed by atoms with E-state index in [2.05, 4.69) is 4.74 Å². The van der Waals surface area contributed by atoms with Gasteiger partial charge in [0.05, 0.1) is 23.0 Å². The van der Waals surface area contributed by atoms with Gasteiger partial charge in [-0.15, -0.1) is 0 Å². The first kappa shape index (κ1) is 14.0. The molecule has 1 rings (SSSR count). The van der Waals surface area contributed by atoms with Crippen molar-refractivity contribution >= 4 is 28.9 Å². The van der Waals surface area contributed by atoms with Crippen LogP contribution in [0.5, 0.6) is 0 Å². The van der Waals surface area contributed by atoms with Crippen LogP contribution in [-0.2, 0) is 14.3 Å². The molecule has 0 spiro atoms. The van der Waals surface area contributed by atoms with Crippen LogP contribution in [0.15, 0.2) is 18.2 Å². The lowest BCUT2D eigenvalue weighted by molar-refractivity contribution is -0.393. The quantitative estimate of drug-likeness (QED) is 0.366. The van der Waals surface area contributed by atoms with Gasteiger partial charge in [-0.05, 0) is 6.07 Å². The van der Waals surface area contributed by atoms with Crippen LogP contribution < -0.4 is 5.32 Å². The first-order valence-electron chi connectivity index (χ1n) is 4.69. The summed E-state index contributed by atoms with van der Waals surface area (Å²) in [4.78, 5) is 41.5. The maximum atomic E-state index is 11.2. The van der Waals surface area contributed by atoms with Gasteiger partial charge in [-0.2, -0.15) is 0 Å². The number of nitro benzene ring substituents is 2. The zero-order chi connectivity index (χ0) is 14.6. The molecule has 0 aromatic heterocycles. The molecule has 1 aromatic carbocycles. The molecule has 1 aromatic rings. The fourth-order valence-corrected chi connectivity index (χ4v) is 1.16. The number of non-ortho nitro benzene ring substituents is 1. The summed E-state index contributed by atoms with van der Waals surface area (Å²) in [6.45, 7) is 0. The van der Waals surface area contributed by atoms with E-state index in [9.17, 15) is 29.8 Å². The van der Waals surface area contributed by atoms with E-state index in [1.165, 1.54) is 0 Å². The second-order valence-electron chi connectivity index (χ2n) is 3.16. The number of esters is 1. The van der Waals surface area contributed by atoms with Crippen molar-refractivity contribution in [3.63, 3.8) is 0 Å². The normalized spacial score (nSPS) is 9.53. The molecule has 0 bridgehead atoms. The van der Waals surface area contributed by atoms with Gasteiger partial charge in [0.15, 0.2) is 0 Å². The van der Waals surface area contributed by atoms with Crippen LogP contribution in [0, 0.1) is 20.2 Å². The Kier molecular flexibility index (Phi) is 4.08. The minimum atomic E-state index is -1.24. The summed E-state index contributed by atoms with van der Waals surface area (Å²) in [6.07, 6.45) is 0. The maximum Gasteiger partial charge on any atom is 0.396 e. The van der Waals surface area contributed by atoms with E-state index in [0.29, 0.717) is 6.07 Å². The molecule has 0 radical (unpaired) electrons. The molecular weight excluding hydrogens is 262 g/mol. The number of nitrogens with one attached hydrogen (secondary N) is 1.